The average Bonchev–Trinajstić information content (AvgIpc) is 2.49. The average molecular weight is 323 g/mol. The lowest BCUT2D eigenvalue weighted by molar-refractivity contribution is 0.659. The van der Waals surface area contributed by atoms with Crippen LogP contribution in [-0.2, 0) is 5.54 Å². The van der Waals surface area contributed by atoms with E-state index in [2.05, 4.69) is 6.07 Å². The second kappa shape index (κ2) is 6.51. The first-order valence-corrected chi connectivity index (χ1v) is 7.63. The normalized spacial score (nSPS) is 13.5. The molecule has 0 fully saturated rings. The SMILES string of the molecule is N#CC(N)(CSc1cc(Cl)ccc1Cl)c1ccccc1. The Labute approximate surface area is 132 Å². The molecule has 102 valence electrons. The quantitative estimate of drug-likeness (QED) is 0.845. The molecule has 0 spiro atoms. The van der Waals surface area contributed by atoms with Gasteiger partial charge in [-0.1, -0.05) is 53.5 Å². The van der Waals surface area contributed by atoms with E-state index in [0.717, 1.165) is 10.5 Å². The van der Waals surface area contributed by atoms with Gasteiger partial charge >= 0.3 is 0 Å². The summed E-state index contributed by atoms with van der Waals surface area (Å²) in [6.07, 6.45) is 0. The molecule has 20 heavy (non-hydrogen) atoms. The molecule has 0 aliphatic carbocycles. The Kier molecular flexibility index (Phi) is 4.95. The number of nitrogens with zero attached hydrogens (tertiary/aromatic N) is 1. The molecular formula is C15H12Cl2N2S. The Morgan fingerprint density at radius 1 is 1.15 bits per heavy atom. The predicted octanol–water partition coefficient (Wildman–Crippen LogP) is 4.46. The van der Waals surface area contributed by atoms with Crippen molar-refractivity contribution in [2.24, 2.45) is 5.73 Å². The number of benzene rings is 2. The fourth-order valence-electron chi connectivity index (χ4n) is 1.70. The van der Waals surface area contributed by atoms with Gasteiger partial charge in [0.15, 0.2) is 0 Å². The minimum Gasteiger partial charge on any atom is -0.309 e. The number of hydrogen-bond acceptors (Lipinski definition) is 3. The van der Waals surface area contributed by atoms with Crippen molar-refractivity contribution in [1.29, 1.82) is 5.26 Å². The lowest BCUT2D eigenvalue weighted by Gasteiger charge is -2.21. The van der Waals surface area contributed by atoms with Gasteiger partial charge in [0.05, 0.1) is 11.1 Å². The Bertz CT molecular complexity index is 640. The second-order valence-electron chi connectivity index (χ2n) is 4.31. The van der Waals surface area contributed by atoms with Gasteiger partial charge in [-0.15, -0.1) is 11.8 Å². The van der Waals surface area contributed by atoms with E-state index in [1.807, 2.05) is 30.3 Å². The van der Waals surface area contributed by atoms with Crippen LogP contribution in [0.5, 0.6) is 0 Å². The summed E-state index contributed by atoms with van der Waals surface area (Å²) in [6.45, 7) is 0. The van der Waals surface area contributed by atoms with Gasteiger partial charge < -0.3 is 5.73 Å². The van der Waals surface area contributed by atoms with Crippen molar-refractivity contribution >= 4 is 35.0 Å². The van der Waals surface area contributed by atoms with Crippen molar-refractivity contribution < 1.29 is 0 Å². The monoisotopic (exact) mass is 322 g/mol. The maximum absolute atomic E-state index is 9.39. The summed E-state index contributed by atoms with van der Waals surface area (Å²) < 4.78 is 0. The van der Waals surface area contributed by atoms with E-state index >= 15 is 0 Å². The third-order valence-corrected chi connectivity index (χ3v) is 4.76. The number of hydrogen-bond donors (Lipinski definition) is 1. The molecule has 2 N–H and O–H groups in total. The first-order valence-electron chi connectivity index (χ1n) is 5.89. The van der Waals surface area contributed by atoms with Crippen molar-refractivity contribution in [1.82, 2.24) is 0 Å². The molecule has 1 atom stereocenters. The minimum atomic E-state index is -1.06. The van der Waals surface area contributed by atoms with Crippen LogP contribution in [0, 0.1) is 11.3 Å². The lowest BCUT2D eigenvalue weighted by Crippen LogP contribution is -2.37. The topological polar surface area (TPSA) is 49.8 Å². The number of halogens is 2. The first-order chi connectivity index (χ1) is 9.55. The molecule has 0 aliphatic heterocycles. The molecule has 0 aliphatic rings. The van der Waals surface area contributed by atoms with Gasteiger partial charge in [0.25, 0.3) is 0 Å². The fraction of sp³-hybridized carbons (Fsp3) is 0.133. The third kappa shape index (κ3) is 3.47. The molecule has 2 aromatic carbocycles. The number of nitrogens with two attached hydrogens (primary N) is 1. The Hall–Kier alpha value is -1.18. The standard InChI is InChI=1S/C15H12Cl2N2S/c16-12-6-7-13(17)14(8-12)20-10-15(19,9-18)11-4-2-1-3-5-11/h1-8H,10,19H2. The highest BCUT2D eigenvalue weighted by atomic mass is 35.5. The van der Waals surface area contributed by atoms with Crippen LogP contribution in [0.4, 0.5) is 0 Å². The fourth-order valence-corrected chi connectivity index (χ4v) is 3.24. The van der Waals surface area contributed by atoms with E-state index in [0.29, 0.717) is 15.8 Å². The molecule has 2 nitrogen and oxygen atoms in total. The molecule has 1 unspecified atom stereocenters. The van der Waals surface area contributed by atoms with Gasteiger partial charge in [0.2, 0.25) is 0 Å². The van der Waals surface area contributed by atoms with Gasteiger partial charge in [0, 0.05) is 15.7 Å². The first kappa shape index (κ1) is 15.2. The number of nitriles is 1. The van der Waals surface area contributed by atoms with Crippen molar-refractivity contribution in [2.45, 2.75) is 10.4 Å². The molecular weight excluding hydrogens is 311 g/mol. The zero-order valence-electron chi connectivity index (χ0n) is 10.5. The predicted molar refractivity (Wildman–Crippen MR) is 85.1 cm³/mol. The van der Waals surface area contributed by atoms with Gasteiger partial charge in [-0.2, -0.15) is 5.26 Å². The van der Waals surface area contributed by atoms with Crippen LogP contribution >= 0.6 is 35.0 Å². The summed E-state index contributed by atoms with van der Waals surface area (Å²) >= 11 is 13.5. The zero-order valence-corrected chi connectivity index (χ0v) is 12.8. The van der Waals surface area contributed by atoms with Gasteiger partial charge in [0.1, 0.15) is 5.54 Å². The maximum atomic E-state index is 9.39. The van der Waals surface area contributed by atoms with Crippen LogP contribution in [0.2, 0.25) is 10.0 Å². The van der Waals surface area contributed by atoms with E-state index < -0.39 is 5.54 Å². The van der Waals surface area contributed by atoms with Gasteiger partial charge in [-0.25, -0.2) is 0 Å². The van der Waals surface area contributed by atoms with Crippen LogP contribution in [0.25, 0.3) is 0 Å². The highest BCUT2D eigenvalue weighted by Crippen LogP contribution is 2.33. The molecule has 0 bridgehead atoms. The molecule has 0 amide bonds. The molecule has 2 aromatic rings. The number of rotatable bonds is 4. The summed E-state index contributed by atoms with van der Waals surface area (Å²) in [6, 6.07) is 16.7. The van der Waals surface area contributed by atoms with Crippen LogP contribution in [0.1, 0.15) is 5.56 Å². The third-order valence-electron chi connectivity index (χ3n) is 2.84. The van der Waals surface area contributed by atoms with Crippen LogP contribution in [0.3, 0.4) is 0 Å². The molecule has 0 heterocycles. The molecule has 2 rings (SSSR count). The Balaban J connectivity index is 2.20. The highest BCUT2D eigenvalue weighted by molar-refractivity contribution is 7.99. The minimum absolute atomic E-state index is 0.396. The van der Waals surface area contributed by atoms with Gasteiger partial charge in [-0.05, 0) is 23.8 Å². The maximum Gasteiger partial charge on any atom is 0.139 e. The molecule has 0 radical (unpaired) electrons. The largest absolute Gasteiger partial charge is 0.309 e. The molecule has 5 heteroatoms. The van der Waals surface area contributed by atoms with Crippen LogP contribution < -0.4 is 5.73 Å². The Morgan fingerprint density at radius 3 is 2.50 bits per heavy atom. The summed E-state index contributed by atoms with van der Waals surface area (Å²) in [7, 11) is 0. The van der Waals surface area contributed by atoms with E-state index in [1.54, 1.807) is 18.2 Å². The van der Waals surface area contributed by atoms with E-state index in [1.165, 1.54) is 11.8 Å². The van der Waals surface area contributed by atoms with E-state index in [-0.39, 0.29) is 0 Å². The summed E-state index contributed by atoms with van der Waals surface area (Å²) in [5, 5.41) is 10.6. The molecule has 0 saturated heterocycles. The van der Waals surface area contributed by atoms with Crippen LogP contribution in [0.15, 0.2) is 53.4 Å². The second-order valence-corrected chi connectivity index (χ2v) is 6.17. The van der Waals surface area contributed by atoms with Crippen molar-refractivity contribution in [3.05, 3.63) is 64.1 Å². The van der Waals surface area contributed by atoms with Gasteiger partial charge in [-0.3, -0.25) is 0 Å². The van der Waals surface area contributed by atoms with Crippen molar-refractivity contribution in [2.75, 3.05) is 5.75 Å². The van der Waals surface area contributed by atoms with Crippen molar-refractivity contribution in [3.63, 3.8) is 0 Å². The smallest absolute Gasteiger partial charge is 0.139 e. The van der Waals surface area contributed by atoms with Crippen LogP contribution in [-0.4, -0.2) is 5.75 Å². The van der Waals surface area contributed by atoms with Crippen molar-refractivity contribution in [3.8, 4) is 6.07 Å². The van der Waals surface area contributed by atoms with E-state index in [4.69, 9.17) is 28.9 Å². The molecule has 0 aromatic heterocycles. The summed E-state index contributed by atoms with van der Waals surface area (Å²) in [5.41, 5.74) is 5.92. The molecule has 0 saturated carbocycles. The highest BCUT2D eigenvalue weighted by Gasteiger charge is 2.27. The Morgan fingerprint density at radius 2 is 1.85 bits per heavy atom. The zero-order chi connectivity index (χ0) is 14.6. The summed E-state index contributed by atoms with van der Waals surface area (Å²) in [5.74, 6) is 0.396. The van der Waals surface area contributed by atoms with E-state index in [9.17, 15) is 5.26 Å². The lowest BCUT2D eigenvalue weighted by atomic mass is 9.95. The number of thioether (sulfide) groups is 1. The summed E-state index contributed by atoms with van der Waals surface area (Å²) in [4.78, 5) is 0.820.